The van der Waals surface area contributed by atoms with Crippen molar-refractivity contribution in [3.8, 4) is 0 Å². The van der Waals surface area contributed by atoms with Crippen LogP contribution in [-0.4, -0.2) is 26.9 Å². The molecule has 1 unspecified atom stereocenters. The smallest absolute Gasteiger partial charge is 0.110 e. The summed E-state index contributed by atoms with van der Waals surface area (Å²) in [5.41, 5.74) is 0. The van der Waals surface area contributed by atoms with Crippen molar-refractivity contribution >= 4 is 9.92 Å². The third-order valence-electron chi connectivity index (χ3n) is 2.17. The van der Waals surface area contributed by atoms with Gasteiger partial charge in [0, 0.05) is 13.1 Å². The summed E-state index contributed by atoms with van der Waals surface area (Å²) in [6.07, 6.45) is 3.15. The van der Waals surface area contributed by atoms with Crippen molar-refractivity contribution in [1.29, 1.82) is 4.78 Å². The Morgan fingerprint density at radius 3 is 2.30 bits per heavy atom. The zero-order chi connectivity index (χ0) is 7.19. The van der Waals surface area contributed by atoms with E-state index in [4.69, 9.17) is 4.78 Å². The van der Waals surface area contributed by atoms with E-state index in [1.165, 1.54) is 0 Å². The molecule has 0 aromatic rings. The second-order valence-electron chi connectivity index (χ2n) is 3.05. The normalized spacial score (nSPS) is 32.8. The van der Waals surface area contributed by atoms with Crippen LogP contribution in [-0.2, 0) is 9.92 Å². The van der Waals surface area contributed by atoms with E-state index < -0.39 is 9.92 Å². The lowest BCUT2D eigenvalue weighted by Crippen LogP contribution is -2.42. The van der Waals surface area contributed by atoms with Crippen molar-refractivity contribution < 1.29 is 4.21 Å². The summed E-state index contributed by atoms with van der Waals surface area (Å²) in [5, 5.41) is 0.216. The molecule has 58 valence electrons. The van der Waals surface area contributed by atoms with E-state index in [0.717, 1.165) is 32.4 Å². The van der Waals surface area contributed by atoms with Crippen LogP contribution in [0.2, 0.25) is 0 Å². The molecule has 2 rings (SSSR count). The molecule has 0 bridgehead atoms. The standard InChI is InChI=1S/C6H12N2OS/c7-10(9,6-2-3-6)8-4-1-5-8/h6-7H,1-5H2. The Morgan fingerprint density at radius 2 is 2.00 bits per heavy atom. The second kappa shape index (κ2) is 1.95. The highest BCUT2D eigenvalue weighted by atomic mass is 32.2. The number of nitrogens with one attached hydrogen (secondary N) is 1. The predicted molar refractivity (Wildman–Crippen MR) is 40.1 cm³/mol. The van der Waals surface area contributed by atoms with Crippen LogP contribution in [0.25, 0.3) is 0 Å². The molecule has 0 radical (unpaired) electrons. The molecule has 1 saturated heterocycles. The number of hydrogen-bond acceptors (Lipinski definition) is 2. The van der Waals surface area contributed by atoms with Crippen LogP contribution in [0.3, 0.4) is 0 Å². The molecule has 0 aromatic carbocycles. The molecule has 1 saturated carbocycles. The van der Waals surface area contributed by atoms with Crippen LogP contribution in [0.1, 0.15) is 19.3 Å². The maximum absolute atomic E-state index is 11.5. The van der Waals surface area contributed by atoms with Gasteiger partial charge < -0.3 is 0 Å². The molecule has 2 fully saturated rings. The van der Waals surface area contributed by atoms with Gasteiger partial charge in [0.2, 0.25) is 0 Å². The Kier molecular flexibility index (Phi) is 1.29. The Balaban J connectivity index is 2.12. The van der Waals surface area contributed by atoms with Crippen molar-refractivity contribution in [3.63, 3.8) is 0 Å². The van der Waals surface area contributed by atoms with E-state index in [9.17, 15) is 4.21 Å². The highest BCUT2D eigenvalue weighted by Gasteiger charge is 2.38. The van der Waals surface area contributed by atoms with E-state index >= 15 is 0 Å². The lowest BCUT2D eigenvalue weighted by Gasteiger charge is -2.32. The monoisotopic (exact) mass is 160 g/mol. The van der Waals surface area contributed by atoms with Crippen LogP contribution in [0, 0.1) is 4.78 Å². The van der Waals surface area contributed by atoms with Gasteiger partial charge in [0.15, 0.2) is 0 Å². The first-order valence-corrected chi connectivity index (χ1v) is 5.32. The van der Waals surface area contributed by atoms with Crippen LogP contribution < -0.4 is 0 Å². The van der Waals surface area contributed by atoms with Crippen LogP contribution in [0.15, 0.2) is 0 Å². The predicted octanol–water partition coefficient (Wildman–Crippen LogP) is 0.816. The van der Waals surface area contributed by atoms with E-state index in [2.05, 4.69) is 0 Å². The van der Waals surface area contributed by atoms with Crippen molar-refractivity contribution in [1.82, 2.24) is 4.31 Å². The first kappa shape index (κ1) is 6.61. The van der Waals surface area contributed by atoms with Crippen molar-refractivity contribution in [2.75, 3.05) is 13.1 Å². The third-order valence-corrected chi connectivity index (χ3v) is 4.68. The molecule has 1 aliphatic carbocycles. The second-order valence-corrected chi connectivity index (χ2v) is 5.37. The summed E-state index contributed by atoms with van der Waals surface area (Å²) < 4.78 is 20.9. The molecule has 0 aromatic heterocycles. The summed E-state index contributed by atoms with van der Waals surface area (Å²) in [6, 6.07) is 0. The Hall–Kier alpha value is -0.0900. The van der Waals surface area contributed by atoms with Gasteiger partial charge >= 0.3 is 0 Å². The number of hydrogen-bond donors (Lipinski definition) is 1. The summed E-state index contributed by atoms with van der Waals surface area (Å²) in [7, 11) is -2.30. The molecular weight excluding hydrogens is 148 g/mol. The number of nitrogens with zero attached hydrogens (tertiary/aromatic N) is 1. The first-order chi connectivity index (χ1) is 4.71. The van der Waals surface area contributed by atoms with Gasteiger partial charge in [0.05, 0.1) is 5.25 Å². The van der Waals surface area contributed by atoms with Gasteiger partial charge in [0.1, 0.15) is 9.92 Å². The summed E-state index contributed by atoms with van der Waals surface area (Å²) in [6.45, 7) is 1.78. The van der Waals surface area contributed by atoms with E-state index in [1.807, 2.05) is 4.31 Å². The van der Waals surface area contributed by atoms with Gasteiger partial charge in [-0.3, -0.25) is 0 Å². The minimum Gasteiger partial charge on any atom is -0.240 e. The lowest BCUT2D eigenvalue weighted by atomic mass is 10.3. The Bertz CT molecular complexity index is 226. The average molecular weight is 160 g/mol. The molecule has 4 heteroatoms. The highest BCUT2D eigenvalue weighted by molar-refractivity contribution is 7.91. The van der Waals surface area contributed by atoms with Crippen LogP contribution in [0.4, 0.5) is 0 Å². The van der Waals surface area contributed by atoms with Crippen molar-refractivity contribution in [2.45, 2.75) is 24.5 Å². The fourth-order valence-corrected chi connectivity index (χ4v) is 3.15. The minimum absolute atomic E-state index is 0.216. The maximum Gasteiger partial charge on any atom is 0.110 e. The fourth-order valence-electron chi connectivity index (χ4n) is 1.16. The van der Waals surface area contributed by atoms with Crippen LogP contribution >= 0.6 is 0 Å². The zero-order valence-corrected chi connectivity index (χ0v) is 6.69. The molecule has 0 amide bonds. The SMILES string of the molecule is N=S(=O)(C1CC1)N1CCC1. The van der Waals surface area contributed by atoms with E-state index in [-0.39, 0.29) is 5.25 Å². The average Bonchev–Trinajstić information content (AvgIpc) is 2.32. The van der Waals surface area contributed by atoms with Gasteiger partial charge in [0.25, 0.3) is 0 Å². The van der Waals surface area contributed by atoms with Gasteiger partial charge in [-0.2, -0.15) is 0 Å². The Morgan fingerprint density at radius 1 is 1.40 bits per heavy atom. The molecule has 10 heavy (non-hydrogen) atoms. The molecule has 1 heterocycles. The quantitative estimate of drug-likeness (QED) is 0.638. The molecule has 2 aliphatic rings. The maximum atomic E-state index is 11.5. The molecule has 3 nitrogen and oxygen atoms in total. The first-order valence-electron chi connectivity index (χ1n) is 3.74. The van der Waals surface area contributed by atoms with Gasteiger partial charge in [-0.1, -0.05) is 0 Å². The fraction of sp³-hybridized carbons (Fsp3) is 1.00. The van der Waals surface area contributed by atoms with Crippen LogP contribution in [0.5, 0.6) is 0 Å². The molecule has 1 atom stereocenters. The third kappa shape index (κ3) is 0.864. The van der Waals surface area contributed by atoms with Gasteiger partial charge in [-0.05, 0) is 19.3 Å². The largest absolute Gasteiger partial charge is 0.240 e. The minimum atomic E-state index is -2.30. The molecular formula is C6H12N2OS. The molecule has 0 spiro atoms. The topological polar surface area (TPSA) is 44.2 Å². The van der Waals surface area contributed by atoms with E-state index in [1.54, 1.807) is 0 Å². The van der Waals surface area contributed by atoms with E-state index in [0.29, 0.717) is 0 Å². The zero-order valence-electron chi connectivity index (χ0n) is 5.88. The summed E-state index contributed by atoms with van der Waals surface area (Å²) in [4.78, 5) is 0. The van der Waals surface area contributed by atoms with Crippen molar-refractivity contribution in [3.05, 3.63) is 0 Å². The van der Waals surface area contributed by atoms with Crippen molar-refractivity contribution in [2.24, 2.45) is 0 Å². The van der Waals surface area contributed by atoms with Gasteiger partial charge in [-0.25, -0.2) is 13.3 Å². The summed E-state index contributed by atoms with van der Waals surface area (Å²) >= 11 is 0. The number of rotatable bonds is 2. The lowest BCUT2D eigenvalue weighted by molar-refractivity contribution is 0.322. The molecule has 1 aliphatic heterocycles. The highest BCUT2D eigenvalue weighted by Crippen LogP contribution is 2.33. The summed E-state index contributed by atoms with van der Waals surface area (Å²) in [5.74, 6) is 0. The van der Waals surface area contributed by atoms with Gasteiger partial charge in [-0.15, -0.1) is 0 Å². The Labute approximate surface area is 61.5 Å². The molecule has 1 N–H and O–H groups in total.